The van der Waals surface area contributed by atoms with Gasteiger partial charge in [-0.2, -0.15) is 0 Å². The van der Waals surface area contributed by atoms with Gasteiger partial charge in [-0.05, 0) is 238 Å². The maximum Gasteiger partial charge on any atom is 0.0462 e. The van der Waals surface area contributed by atoms with Crippen LogP contribution in [0.2, 0.25) is 0 Å². The molecule has 2 heteroatoms. The van der Waals surface area contributed by atoms with E-state index in [1.165, 1.54) is 122 Å². The fourth-order valence-corrected chi connectivity index (χ4v) is 16.2. The van der Waals surface area contributed by atoms with E-state index in [0.29, 0.717) is 5.92 Å². The minimum Gasteiger partial charge on any atom is -0.311 e. The quantitative estimate of drug-likeness (QED) is 0.126. The van der Waals surface area contributed by atoms with Gasteiger partial charge in [-0.3, -0.25) is 0 Å². The second-order valence-electron chi connectivity index (χ2n) is 27.8. The Hall–Kier alpha value is -9.76. The maximum absolute atomic E-state index is 2.60. The topological polar surface area (TPSA) is 6.48 Å². The molecule has 5 aliphatic rings. The highest BCUT2D eigenvalue weighted by molar-refractivity contribution is 5.95. The monoisotopic (exact) mass is 1150 g/mol. The number of hydrogen-bond donors (Lipinski definition) is 0. The molecule has 0 heterocycles. The zero-order valence-corrected chi connectivity index (χ0v) is 52.6. The van der Waals surface area contributed by atoms with Crippen molar-refractivity contribution in [3.63, 3.8) is 0 Å². The lowest BCUT2D eigenvalue weighted by atomic mass is 9.75. The third-order valence-corrected chi connectivity index (χ3v) is 21.1. The van der Waals surface area contributed by atoms with Crippen LogP contribution < -0.4 is 9.80 Å². The summed E-state index contributed by atoms with van der Waals surface area (Å²) in [4.78, 5) is 4.67. The average Bonchev–Trinajstić information content (AvgIpc) is 2.03. The SMILES string of the molecule is CC1CC(c2ccc(N(c3ccccc3)c3ccccc3)cc2)=CC2=C1c1cc3c(cc1C2(C)C)-c1ccc(/C=C/c2ccc4c(c2)C(C)(C)c2cc5c(cc2-4)C(C)(C)c2cc(-c4ccc(N(c6ccccc6)c6ccccc6)cc4)ccc2-5)cc1C3(C)C. The molecule has 0 fully saturated rings. The molecule has 16 rings (SSSR count). The van der Waals surface area contributed by atoms with Crippen molar-refractivity contribution in [1.29, 1.82) is 0 Å². The Morgan fingerprint density at radius 1 is 0.303 bits per heavy atom. The number of rotatable bonds is 10. The minimum absolute atomic E-state index is 0.128. The third-order valence-electron chi connectivity index (χ3n) is 21.1. The molecule has 0 saturated heterocycles. The van der Waals surface area contributed by atoms with Crippen LogP contribution in [0.4, 0.5) is 34.1 Å². The van der Waals surface area contributed by atoms with Crippen LogP contribution in [0, 0.1) is 5.92 Å². The van der Waals surface area contributed by atoms with E-state index in [1.807, 2.05) is 0 Å². The smallest absolute Gasteiger partial charge is 0.0462 e. The van der Waals surface area contributed by atoms with Crippen LogP contribution in [0.1, 0.15) is 130 Å². The van der Waals surface area contributed by atoms with Crippen molar-refractivity contribution < 1.29 is 0 Å². The van der Waals surface area contributed by atoms with E-state index in [2.05, 4.69) is 339 Å². The molecule has 0 amide bonds. The van der Waals surface area contributed by atoms with Crippen LogP contribution in [-0.2, 0) is 21.7 Å². The van der Waals surface area contributed by atoms with E-state index in [4.69, 9.17) is 0 Å². The normalized spacial score (nSPS) is 17.0. The van der Waals surface area contributed by atoms with Gasteiger partial charge in [0.1, 0.15) is 0 Å². The summed E-state index contributed by atoms with van der Waals surface area (Å²) >= 11 is 0. The van der Waals surface area contributed by atoms with E-state index in [1.54, 1.807) is 0 Å². The van der Waals surface area contributed by atoms with Gasteiger partial charge in [0.25, 0.3) is 0 Å². The summed E-state index contributed by atoms with van der Waals surface area (Å²) in [6.07, 6.45) is 8.23. The highest BCUT2D eigenvalue weighted by Crippen LogP contribution is 2.60. The van der Waals surface area contributed by atoms with Crippen LogP contribution in [0.5, 0.6) is 0 Å². The summed E-state index contributed by atoms with van der Waals surface area (Å²) in [6, 6.07) is 92.8. The van der Waals surface area contributed by atoms with Gasteiger partial charge in [-0.15, -0.1) is 0 Å². The average molecular weight is 1150 g/mol. The summed E-state index contributed by atoms with van der Waals surface area (Å²) in [5, 5.41) is 0. The number of para-hydroxylation sites is 4. The van der Waals surface area contributed by atoms with Crippen LogP contribution >= 0.6 is 0 Å². The molecule has 1 atom stereocenters. The van der Waals surface area contributed by atoms with Crippen molar-refractivity contribution in [2.45, 2.75) is 90.4 Å². The minimum atomic E-state index is -0.159. The molecule has 1 unspecified atom stereocenters. The summed E-state index contributed by atoms with van der Waals surface area (Å²) < 4.78 is 0. The molecule has 0 spiro atoms. The van der Waals surface area contributed by atoms with Gasteiger partial charge < -0.3 is 9.80 Å². The molecular weight excluding hydrogens is 1070 g/mol. The molecule has 0 aromatic heterocycles. The van der Waals surface area contributed by atoms with Crippen LogP contribution in [-0.4, -0.2) is 0 Å². The van der Waals surface area contributed by atoms with E-state index < -0.39 is 0 Å². The Morgan fingerprint density at radius 2 is 0.629 bits per heavy atom. The number of allylic oxidation sites excluding steroid dienone is 4. The van der Waals surface area contributed by atoms with Gasteiger partial charge in [0.05, 0.1) is 0 Å². The first-order valence-electron chi connectivity index (χ1n) is 32.0. The standard InChI is InChI=1S/C87H74N2/c1-55-46-61(59-36-41-67(42-37-59)89(64-26-18-12-19-27-64)65-28-20-13-21-29-65)50-82-83(55)74-54-80-73(53-81(74)87(82,8)9)69-44-33-57(48-76(69)85(80,4)5)31-30-56-32-43-68-71-51-79-72(52-78(71)84(2,3)75(68)47-56)70-45-38-60(49-77(70)86(79,6)7)58-34-39-66(40-35-58)88(62-22-14-10-15-23-62)63-24-16-11-17-25-63/h10-45,47-55H,46H2,1-9H3/b31-30+. The number of anilines is 6. The van der Waals surface area contributed by atoms with Crippen LogP contribution in [0.3, 0.4) is 0 Å². The fraction of sp³-hybridized carbons (Fsp3) is 0.172. The molecule has 432 valence electrons. The van der Waals surface area contributed by atoms with Gasteiger partial charge in [-0.1, -0.05) is 226 Å². The van der Waals surface area contributed by atoms with Gasteiger partial charge in [0.2, 0.25) is 0 Å². The summed E-state index contributed by atoms with van der Waals surface area (Å²) in [5.41, 5.74) is 36.5. The maximum atomic E-state index is 2.60. The van der Waals surface area contributed by atoms with Crippen molar-refractivity contribution in [2.75, 3.05) is 9.80 Å². The summed E-state index contributed by atoms with van der Waals surface area (Å²) in [5.74, 6) is 0.395. The molecule has 11 aromatic rings. The largest absolute Gasteiger partial charge is 0.311 e. The Morgan fingerprint density at radius 3 is 1.04 bits per heavy atom. The van der Waals surface area contributed by atoms with Gasteiger partial charge >= 0.3 is 0 Å². The molecular formula is C87H74N2. The molecule has 0 saturated carbocycles. The molecule has 0 radical (unpaired) electrons. The Kier molecular flexibility index (Phi) is 12.4. The van der Waals surface area contributed by atoms with E-state index in [-0.39, 0.29) is 21.7 Å². The molecule has 0 N–H and O–H groups in total. The fourth-order valence-electron chi connectivity index (χ4n) is 16.2. The number of nitrogens with zero attached hydrogens (tertiary/aromatic N) is 2. The Bertz CT molecular complexity index is 4690. The summed E-state index contributed by atoms with van der Waals surface area (Å²) in [7, 11) is 0. The van der Waals surface area contributed by atoms with Crippen molar-refractivity contribution in [3.05, 3.63) is 322 Å². The number of fused-ring (bicyclic) bond motifs is 11. The Labute approximate surface area is 526 Å². The lowest BCUT2D eigenvalue weighted by Gasteiger charge is -2.29. The number of benzene rings is 11. The zero-order valence-electron chi connectivity index (χ0n) is 52.6. The van der Waals surface area contributed by atoms with E-state index >= 15 is 0 Å². The molecule has 11 aromatic carbocycles. The highest BCUT2D eigenvalue weighted by atomic mass is 15.1. The molecule has 89 heavy (non-hydrogen) atoms. The lowest BCUT2D eigenvalue weighted by Crippen LogP contribution is -2.18. The van der Waals surface area contributed by atoms with E-state index in [9.17, 15) is 0 Å². The zero-order chi connectivity index (χ0) is 60.7. The first-order valence-corrected chi connectivity index (χ1v) is 32.0. The molecule has 2 nitrogen and oxygen atoms in total. The van der Waals surface area contributed by atoms with Crippen molar-refractivity contribution in [1.82, 2.24) is 0 Å². The predicted octanol–water partition coefficient (Wildman–Crippen LogP) is 23.6. The Balaban J connectivity index is 0.646. The first kappa shape index (κ1) is 54.6. The van der Waals surface area contributed by atoms with Crippen molar-refractivity contribution in [2.24, 2.45) is 5.92 Å². The highest BCUT2D eigenvalue weighted by Gasteiger charge is 2.45. The van der Waals surface area contributed by atoms with Crippen LogP contribution in [0.25, 0.3) is 67.8 Å². The molecule has 5 aliphatic carbocycles. The van der Waals surface area contributed by atoms with E-state index in [0.717, 1.165) is 40.5 Å². The second-order valence-corrected chi connectivity index (χ2v) is 27.8. The van der Waals surface area contributed by atoms with Gasteiger partial charge in [0.15, 0.2) is 0 Å². The van der Waals surface area contributed by atoms with Crippen LogP contribution in [0.15, 0.2) is 260 Å². The van der Waals surface area contributed by atoms with Crippen molar-refractivity contribution in [3.8, 4) is 44.5 Å². The second kappa shape index (κ2) is 20.1. The third kappa shape index (κ3) is 8.58. The van der Waals surface area contributed by atoms with Gasteiger partial charge in [0, 0.05) is 55.8 Å². The van der Waals surface area contributed by atoms with Crippen molar-refractivity contribution >= 4 is 57.4 Å². The first-order chi connectivity index (χ1) is 43.0. The lowest BCUT2D eigenvalue weighted by molar-refractivity contribution is 0.642. The number of hydrogen-bond acceptors (Lipinski definition) is 2. The molecule has 0 bridgehead atoms. The van der Waals surface area contributed by atoms with Gasteiger partial charge in [-0.25, -0.2) is 0 Å². The summed E-state index contributed by atoms with van der Waals surface area (Å²) in [6.45, 7) is 21.9. The molecule has 0 aliphatic heterocycles. The predicted molar refractivity (Wildman–Crippen MR) is 377 cm³/mol.